The highest BCUT2D eigenvalue weighted by Crippen LogP contribution is 2.26. The van der Waals surface area contributed by atoms with Gasteiger partial charge in [-0.25, -0.2) is 0 Å². The van der Waals surface area contributed by atoms with Gasteiger partial charge in [-0.15, -0.1) is 0 Å². The number of para-hydroxylation sites is 1. The summed E-state index contributed by atoms with van der Waals surface area (Å²) in [5.41, 5.74) is 6.32. The van der Waals surface area contributed by atoms with Crippen molar-refractivity contribution in [3.8, 4) is 5.75 Å². The fraction of sp³-hybridized carbons (Fsp3) is 0. The number of primary amides is 1. The van der Waals surface area contributed by atoms with Crippen LogP contribution in [0.2, 0.25) is 0 Å². The number of amides is 1. The summed E-state index contributed by atoms with van der Waals surface area (Å²) in [4.78, 5) is 16.1. The Morgan fingerprint density at radius 3 is 3.07 bits per heavy atom. The third-order valence-electron chi connectivity index (χ3n) is 1.88. The molecular weight excluding hydrogens is 180 g/mol. The Morgan fingerprint density at radius 2 is 2.29 bits per heavy atom. The molecule has 1 amide bonds. The predicted octanol–water partition coefficient (Wildman–Crippen LogP) is 1.18. The van der Waals surface area contributed by atoms with Crippen LogP contribution in [0, 0.1) is 0 Å². The normalized spacial score (nSPS) is 12.9. The molecular formula is C10H8N2O2. The molecule has 0 spiro atoms. The largest absolute Gasteiger partial charge is 0.365 e. The molecule has 0 aromatic heterocycles. The summed E-state index contributed by atoms with van der Waals surface area (Å²) in [6.45, 7) is 0. The van der Waals surface area contributed by atoms with Crippen molar-refractivity contribution in [2.45, 2.75) is 0 Å². The van der Waals surface area contributed by atoms with Gasteiger partial charge in [0.2, 0.25) is 0 Å². The molecule has 0 atom stereocenters. The molecule has 2 rings (SSSR count). The third kappa shape index (κ3) is 1.37. The lowest BCUT2D eigenvalue weighted by Crippen LogP contribution is -2.12. The number of benzene rings is 1. The zero-order valence-electron chi connectivity index (χ0n) is 7.31. The number of rotatable bonds is 1. The van der Waals surface area contributed by atoms with E-state index in [0.29, 0.717) is 11.3 Å². The highest BCUT2D eigenvalue weighted by Gasteiger charge is 2.13. The number of allylic oxidation sites excluding steroid dienone is 1. The number of carbonyl (C=O) groups excluding carboxylic acids is 1. The summed E-state index contributed by atoms with van der Waals surface area (Å²) in [7, 11) is 0. The first kappa shape index (κ1) is 8.50. The molecule has 0 saturated carbocycles. The maximum Gasteiger partial charge on any atom is 0.252 e. The van der Waals surface area contributed by atoms with Crippen LogP contribution in [0.5, 0.6) is 5.75 Å². The van der Waals surface area contributed by atoms with E-state index in [2.05, 4.69) is 5.16 Å². The van der Waals surface area contributed by atoms with Gasteiger partial charge in [0.25, 0.3) is 5.91 Å². The van der Waals surface area contributed by atoms with Crippen molar-refractivity contribution in [1.29, 1.82) is 0 Å². The average molecular weight is 188 g/mol. The lowest BCUT2D eigenvalue weighted by Gasteiger charge is -2.05. The second-order valence-corrected chi connectivity index (χ2v) is 2.79. The van der Waals surface area contributed by atoms with E-state index in [1.54, 1.807) is 24.3 Å². The number of nitrogens with two attached hydrogens (primary N) is 1. The van der Waals surface area contributed by atoms with Gasteiger partial charge in [-0.05, 0) is 18.2 Å². The van der Waals surface area contributed by atoms with E-state index in [1.165, 1.54) is 6.21 Å². The fourth-order valence-electron chi connectivity index (χ4n) is 1.25. The summed E-state index contributed by atoms with van der Waals surface area (Å²) in [6.07, 6.45) is 5.04. The van der Waals surface area contributed by atoms with Crippen molar-refractivity contribution in [1.82, 2.24) is 0 Å². The lowest BCUT2D eigenvalue weighted by atomic mass is 10.1. The smallest absolute Gasteiger partial charge is 0.252 e. The van der Waals surface area contributed by atoms with Crippen LogP contribution in [0.15, 0.2) is 29.4 Å². The van der Waals surface area contributed by atoms with Crippen LogP contribution in [-0.4, -0.2) is 12.1 Å². The molecule has 70 valence electrons. The number of nitrogens with zero attached hydrogens (tertiary/aromatic N) is 1. The Labute approximate surface area is 80.7 Å². The van der Waals surface area contributed by atoms with E-state index in [0.717, 1.165) is 5.56 Å². The zero-order chi connectivity index (χ0) is 9.97. The molecule has 1 aliphatic heterocycles. The van der Waals surface area contributed by atoms with Gasteiger partial charge in [0.05, 0.1) is 11.8 Å². The van der Waals surface area contributed by atoms with E-state index in [4.69, 9.17) is 10.6 Å². The van der Waals surface area contributed by atoms with E-state index in [1.807, 2.05) is 6.07 Å². The molecule has 1 aromatic carbocycles. The SMILES string of the molecule is NC(=O)c1cccc2c1ON=CC=C2. The molecule has 0 fully saturated rings. The van der Waals surface area contributed by atoms with Gasteiger partial charge in [-0.2, -0.15) is 0 Å². The van der Waals surface area contributed by atoms with Crippen LogP contribution in [0.1, 0.15) is 15.9 Å². The zero-order valence-corrected chi connectivity index (χ0v) is 7.31. The first-order valence-corrected chi connectivity index (χ1v) is 4.09. The molecule has 4 heteroatoms. The van der Waals surface area contributed by atoms with Gasteiger partial charge >= 0.3 is 0 Å². The monoisotopic (exact) mass is 188 g/mol. The first-order chi connectivity index (χ1) is 6.79. The van der Waals surface area contributed by atoms with E-state index < -0.39 is 5.91 Å². The Balaban J connectivity index is 2.61. The van der Waals surface area contributed by atoms with Gasteiger partial charge in [0.15, 0.2) is 5.75 Å². The molecule has 0 bridgehead atoms. The van der Waals surface area contributed by atoms with Gasteiger partial charge < -0.3 is 10.6 Å². The first-order valence-electron chi connectivity index (χ1n) is 4.09. The van der Waals surface area contributed by atoms with E-state index >= 15 is 0 Å². The molecule has 1 aromatic rings. The second kappa shape index (κ2) is 3.33. The number of oxime groups is 1. The van der Waals surface area contributed by atoms with Crippen LogP contribution in [0.4, 0.5) is 0 Å². The summed E-state index contributed by atoms with van der Waals surface area (Å²) < 4.78 is 0. The highest BCUT2D eigenvalue weighted by atomic mass is 16.6. The lowest BCUT2D eigenvalue weighted by molar-refractivity contribution is 0.0996. The number of fused-ring (bicyclic) bond motifs is 1. The number of hydrogen-bond donors (Lipinski definition) is 1. The van der Waals surface area contributed by atoms with Crippen molar-refractivity contribution in [3.63, 3.8) is 0 Å². The number of hydrogen-bond acceptors (Lipinski definition) is 3. The molecule has 0 radical (unpaired) electrons. The summed E-state index contributed by atoms with van der Waals surface area (Å²) >= 11 is 0. The Morgan fingerprint density at radius 1 is 1.43 bits per heavy atom. The van der Waals surface area contributed by atoms with Crippen molar-refractivity contribution >= 4 is 18.2 Å². The van der Waals surface area contributed by atoms with Crippen LogP contribution >= 0.6 is 0 Å². The summed E-state index contributed by atoms with van der Waals surface area (Å²) in [5, 5.41) is 3.64. The average Bonchev–Trinajstić information content (AvgIpc) is 2.41. The topological polar surface area (TPSA) is 64.7 Å². The van der Waals surface area contributed by atoms with Crippen LogP contribution in [-0.2, 0) is 0 Å². The minimum absolute atomic E-state index is 0.339. The maximum absolute atomic E-state index is 11.1. The standard InChI is InChI=1S/C10H8N2O2/c11-10(13)8-5-1-3-7-4-2-6-12-14-9(7)8/h1-6H,(H2,11,13). The molecule has 0 unspecified atom stereocenters. The van der Waals surface area contributed by atoms with Crippen LogP contribution in [0.25, 0.3) is 6.08 Å². The van der Waals surface area contributed by atoms with Crippen LogP contribution in [0.3, 0.4) is 0 Å². The Hall–Kier alpha value is -2.10. The maximum atomic E-state index is 11.1. The highest BCUT2D eigenvalue weighted by molar-refractivity contribution is 5.97. The predicted molar refractivity (Wildman–Crippen MR) is 53.1 cm³/mol. The Kier molecular flexibility index (Phi) is 2.02. The summed E-state index contributed by atoms with van der Waals surface area (Å²) in [6, 6.07) is 5.18. The molecule has 4 nitrogen and oxygen atoms in total. The molecule has 0 aliphatic carbocycles. The molecule has 2 N–H and O–H groups in total. The number of carbonyl (C=O) groups is 1. The molecule has 14 heavy (non-hydrogen) atoms. The minimum atomic E-state index is -0.521. The molecule has 0 saturated heterocycles. The quantitative estimate of drug-likeness (QED) is 0.719. The second-order valence-electron chi connectivity index (χ2n) is 2.79. The minimum Gasteiger partial charge on any atom is -0.365 e. The van der Waals surface area contributed by atoms with Crippen LogP contribution < -0.4 is 10.6 Å². The van der Waals surface area contributed by atoms with Gasteiger partial charge in [-0.3, -0.25) is 4.79 Å². The van der Waals surface area contributed by atoms with E-state index in [-0.39, 0.29) is 0 Å². The Bertz CT molecular complexity index is 436. The van der Waals surface area contributed by atoms with Crippen molar-refractivity contribution < 1.29 is 9.63 Å². The molecule has 1 heterocycles. The van der Waals surface area contributed by atoms with Crippen molar-refractivity contribution in [2.24, 2.45) is 10.9 Å². The third-order valence-corrected chi connectivity index (χ3v) is 1.88. The van der Waals surface area contributed by atoms with Gasteiger partial charge in [0, 0.05) is 5.56 Å². The fourth-order valence-corrected chi connectivity index (χ4v) is 1.25. The van der Waals surface area contributed by atoms with Gasteiger partial charge in [-0.1, -0.05) is 17.3 Å². The summed E-state index contributed by atoms with van der Waals surface area (Å²) in [5.74, 6) is -0.114. The van der Waals surface area contributed by atoms with Gasteiger partial charge in [0.1, 0.15) is 0 Å². The molecule has 1 aliphatic rings. The van der Waals surface area contributed by atoms with Crippen molar-refractivity contribution in [2.75, 3.05) is 0 Å². The van der Waals surface area contributed by atoms with Crippen molar-refractivity contribution in [3.05, 3.63) is 35.4 Å². The van der Waals surface area contributed by atoms with E-state index in [9.17, 15) is 4.79 Å².